The smallest absolute Gasteiger partial charge is 0.317 e. The molecule has 158 valence electrons. The van der Waals surface area contributed by atoms with Crippen molar-refractivity contribution in [3.05, 3.63) is 45.2 Å². The van der Waals surface area contributed by atoms with Crippen molar-refractivity contribution in [1.29, 1.82) is 0 Å². The summed E-state index contributed by atoms with van der Waals surface area (Å²) < 4.78 is 0. The van der Waals surface area contributed by atoms with Crippen molar-refractivity contribution in [1.82, 2.24) is 20.1 Å². The number of amides is 2. The van der Waals surface area contributed by atoms with E-state index in [1.54, 1.807) is 4.90 Å². The fourth-order valence-corrected chi connectivity index (χ4v) is 4.13. The summed E-state index contributed by atoms with van der Waals surface area (Å²) in [5, 5.41) is 4.23. The van der Waals surface area contributed by atoms with Gasteiger partial charge in [0.15, 0.2) is 0 Å². The third kappa shape index (κ3) is 5.60. The molecule has 0 atom stereocenters. The minimum Gasteiger partial charge on any atom is -0.335 e. The molecule has 1 aromatic carbocycles. The lowest BCUT2D eigenvalue weighted by Crippen LogP contribution is -2.47. The molecule has 0 bridgehead atoms. The van der Waals surface area contributed by atoms with Gasteiger partial charge in [0.2, 0.25) is 0 Å². The number of aromatic nitrogens is 1. The summed E-state index contributed by atoms with van der Waals surface area (Å²) in [6.45, 7) is 5.72. The van der Waals surface area contributed by atoms with Crippen molar-refractivity contribution < 1.29 is 4.79 Å². The Morgan fingerprint density at radius 1 is 1.10 bits per heavy atom. The maximum absolute atomic E-state index is 13.0. The number of carbonyl (C=O) groups excluding carboxylic acids is 1. The van der Waals surface area contributed by atoms with Crippen LogP contribution in [0.4, 0.5) is 4.79 Å². The van der Waals surface area contributed by atoms with Crippen molar-refractivity contribution in [2.75, 3.05) is 27.2 Å². The molecular formula is C23H34N4O2. The number of H-pyrrole nitrogens is 1. The van der Waals surface area contributed by atoms with Crippen LogP contribution in [-0.2, 0) is 6.54 Å². The lowest BCUT2D eigenvalue weighted by molar-refractivity contribution is 0.181. The highest BCUT2D eigenvalue weighted by atomic mass is 16.2. The molecule has 3 rings (SSSR count). The number of aromatic amines is 1. The van der Waals surface area contributed by atoms with Crippen molar-refractivity contribution in [3.63, 3.8) is 0 Å². The van der Waals surface area contributed by atoms with Crippen molar-refractivity contribution in [2.45, 2.75) is 58.5 Å². The largest absolute Gasteiger partial charge is 0.335 e. The van der Waals surface area contributed by atoms with Gasteiger partial charge in [0.1, 0.15) is 0 Å². The van der Waals surface area contributed by atoms with E-state index < -0.39 is 0 Å². The first-order valence-electron chi connectivity index (χ1n) is 10.7. The minimum atomic E-state index is -0.122. The Kier molecular flexibility index (Phi) is 6.96. The van der Waals surface area contributed by atoms with Gasteiger partial charge < -0.3 is 20.1 Å². The number of likely N-dealkylation sites (N-methyl/N-ethyl adjacent to an activating group) is 1. The summed E-state index contributed by atoms with van der Waals surface area (Å²) in [6.07, 6.45) is 5.68. The topological polar surface area (TPSA) is 68.4 Å². The SMILES string of the molecule is Cc1cc(C)c2cc(CN(CCN(C)C)C(=O)NC3CCCCC3)c(=O)[nH]c2c1. The number of nitrogens with one attached hydrogen (secondary N) is 2. The van der Waals surface area contributed by atoms with Crippen LogP contribution in [-0.4, -0.2) is 54.0 Å². The summed E-state index contributed by atoms with van der Waals surface area (Å²) in [5.41, 5.74) is 3.61. The molecule has 0 spiro atoms. The highest BCUT2D eigenvalue weighted by Gasteiger charge is 2.21. The van der Waals surface area contributed by atoms with Gasteiger partial charge in [-0.05, 0) is 64.0 Å². The molecule has 6 nitrogen and oxygen atoms in total. The molecule has 2 aromatic rings. The van der Waals surface area contributed by atoms with Crippen LogP contribution in [0.5, 0.6) is 0 Å². The first kappa shape index (κ1) is 21.4. The van der Waals surface area contributed by atoms with E-state index in [1.807, 2.05) is 33.2 Å². The molecule has 2 amide bonds. The number of benzene rings is 1. The molecule has 29 heavy (non-hydrogen) atoms. The van der Waals surface area contributed by atoms with E-state index in [9.17, 15) is 9.59 Å². The second-order valence-electron chi connectivity index (χ2n) is 8.68. The zero-order chi connectivity index (χ0) is 21.0. The molecular weight excluding hydrogens is 364 g/mol. The number of pyridine rings is 1. The summed E-state index contributed by atoms with van der Waals surface area (Å²) in [6, 6.07) is 6.23. The summed E-state index contributed by atoms with van der Waals surface area (Å²) in [7, 11) is 3.98. The Hall–Kier alpha value is -2.34. The monoisotopic (exact) mass is 398 g/mol. The maximum Gasteiger partial charge on any atom is 0.317 e. The molecule has 1 heterocycles. The molecule has 1 aliphatic carbocycles. The predicted molar refractivity (Wildman–Crippen MR) is 118 cm³/mol. The molecule has 0 radical (unpaired) electrons. The number of fused-ring (bicyclic) bond motifs is 1. The standard InChI is InChI=1S/C23H34N4O2/c1-16-12-17(2)20-14-18(22(28)25-21(20)13-16)15-27(11-10-26(3)4)23(29)24-19-8-6-5-7-9-19/h12-14,19H,5-11,15H2,1-4H3,(H,24,29)(H,25,28). The lowest BCUT2D eigenvalue weighted by atomic mass is 9.96. The Morgan fingerprint density at radius 3 is 2.52 bits per heavy atom. The predicted octanol–water partition coefficient (Wildman–Crippen LogP) is 3.55. The third-order valence-corrected chi connectivity index (χ3v) is 5.79. The number of carbonyl (C=O) groups is 1. The molecule has 6 heteroatoms. The third-order valence-electron chi connectivity index (χ3n) is 5.79. The van der Waals surface area contributed by atoms with Crippen LogP contribution in [0.15, 0.2) is 23.0 Å². The first-order chi connectivity index (χ1) is 13.8. The number of aryl methyl sites for hydroxylation is 2. The zero-order valence-electron chi connectivity index (χ0n) is 18.2. The Morgan fingerprint density at radius 2 is 1.83 bits per heavy atom. The Balaban J connectivity index is 1.83. The first-order valence-corrected chi connectivity index (χ1v) is 10.7. The van der Waals surface area contributed by atoms with E-state index >= 15 is 0 Å². The van der Waals surface area contributed by atoms with Gasteiger partial charge in [0, 0.05) is 35.6 Å². The second-order valence-corrected chi connectivity index (χ2v) is 8.68. The van der Waals surface area contributed by atoms with Crippen LogP contribution in [0.3, 0.4) is 0 Å². The van der Waals surface area contributed by atoms with E-state index in [0.29, 0.717) is 18.7 Å². The molecule has 0 aliphatic heterocycles. The fraction of sp³-hybridized carbons (Fsp3) is 0.565. The molecule has 1 saturated carbocycles. The Bertz CT molecular complexity index is 913. The van der Waals surface area contributed by atoms with E-state index in [-0.39, 0.29) is 17.6 Å². The minimum absolute atomic E-state index is 0.0705. The van der Waals surface area contributed by atoms with E-state index in [1.165, 1.54) is 19.3 Å². The van der Waals surface area contributed by atoms with Crippen LogP contribution in [0.1, 0.15) is 48.8 Å². The van der Waals surface area contributed by atoms with E-state index in [0.717, 1.165) is 41.4 Å². The van der Waals surface area contributed by atoms with Crippen LogP contribution < -0.4 is 10.9 Å². The summed E-state index contributed by atoms with van der Waals surface area (Å²) in [5.74, 6) is 0. The molecule has 2 N–H and O–H groups in total. The van der Waals surface area contributed by atoms with Gasteiger partial charge in [-0.15, -0.1) is 0 Å². The fourth-order valence-electron chi connectivity index (χ4n) is 4.13. The number of hydrogen-bond acceptors (Lipinski definition) is 3. The van der Waals surface area contributed by atoms with Gasteiger partial charge in [0.25, 0.3) is 5.56 Å². The summed E-state index contributed by atoms with van der Waals surface area (Å²) >= 11 is 0. The van der Waals surface area contributed by atoms with Crippen molar-refractivity contribution in [2.24, 2.45) is 0 Å². The number of urea groups is 1. The number of rotatable bonds is 6. The Labute approximate surface area is 173 Å². The lowest BCUT2D eigenvalue weighted by Gasteiger charge is -2.29. The normalized spacial score (nSPS) is 15.1. The zero-order valence-corrected chi connectivity index (χ0v) is 18.2. The van der Waals surface area contributed by atoms with Gasteiger partial charge >= 0.3 is 6.03 Å². The van der Waals surface area contributed by atoms with Gasteiger partial charge in [-0.25, -0.2) is 4.79 Å². The van der Waals surface area contributed by atoms with Gasteiger partial charge in [-0.3, -0.25) is 4.79 Å². The van der Waals surface area contributed by atoms with Gasteiger partial charge in [-0.2, -0.15) is 0 Å². The second kappa shape index (κ2) is 9.44. The number of hydrogen-bond donors (Lipinski definition) is 2. The van der Waals surface area contributed by atoms with Gasteiger partial charge in [0.05, 0.1) is 6.54 Å². The molecule has 1 aromatic heterocycles. The number of nitrogens with zero attached hydrogens (tertiary/aromatic N) is 2. The van der Waals surface area contributed by atoms with Gasteiger partial charge in [-0.1, -0.05) is 25.3 Å². The quantitative estimate of drug-likeness (QED) is 0.782. The molecule has 0 saturated heterocycles. The molecule has 1 aliphatic rings. The van der Waals surface area contributed by atoms with E-state index in [4.69, 9.17) is 0 Å². The summed E-state index contributed by atoms with van der Waals surface area (Å²) in [4.78, 5) is 32.5. The van der Waals surface area contributed by atoms with Crippen LogP contribution in [0.2, 0.25) is 0 Å². The highest BCUT2D eigenvalue weighted by Crippen LogP contribution is 2.20. The maximum atomic E-state index is 13.0. The van der Waals surface area contributed by atoms with Crippen LogP contribution in [0, 0.1) is 13.8 Å². The van der Waals surface area contributed by atoms with E-state index in [2.05, 4.69) is 28.2 Å². The van der Waals surface area contributed by atoms with Crippen LogP contribution >= 0.6 is 0 Å². The average molecular weight is 399 g/mol. The highest BCUT2D eigenvalue weighted by molar-refractivity contribution is 5.83. The average Bonchev–Trinajstić information content (AvgIpc) is 2.66. The van der Waals surface area contributed by atoms with Crippen molar-refractivity contribution >= 4 is 16.9 Å². The molecule has 0 unspecified atom stereocenters. The van der Waals surface area contributed by atoms with Crippen LogP contribution in [0.25, 0.3) is 10.9 Å². The van der Waals surface area contributed by atoms with Crippen molar-refractivity contribution in [3.8, 4) is 0 Å². The molecule has 1 fully saturated rings.